The molecule has 0 bridgehead atoms. The Labute approximate surface area is 189 Å². The summed E-state index contributed by atoms with van der Waals surface area (Å²) in [5.41, 5.74) is 4.38. The highest BCUT2D eigenvalue weighted by Gasteiger charge is 2.32. The number of hydrogen-bond donors (Lipinski definition) is 0. The Bertz CT molecular complexity index is 1250. The molecular weight excluding hydrogens is 428 g/mol. The van der Waals surface area contributed by atoms with Crippen LogP contribution in [0, 0.1) is 18.6 Å². The van der Waals surface area contributed by atoms with Gasteiger partial charge in [-0.15, -0.1) is 5.10 Å². The van der Waals surface area contributed by atoms with Gasteiger partial charge in [0.2, 0.25) is 4.77 Å². The number of nitrogens with zero attached hydrogens (tertiary/aromatic N) is 4. The van der Waals surface area contributed by atoms with E-state index in [9.17, 15) is 8.42 Å². The molecule has 1 unspecified atom stereocenters. The number of rotatable bonds is 6. The molecule has 1 atom stereocenters. The number of aromatic nitrogens is 3. The fourth-order valence-corrected chi connectivity index (χ4v) is 6.13. The van der Waals surface area contributed by atoms with Gasteiger partial charge in [0.15, 0.2) is 15.7 Å². The van der Waals surface area contributed by atoms with Crippen LogP contribution in [0.4, 0.5) is 0 Å². The maximum absolute atomic E-state index is 12.0. The maximum atomic E-state index is 12.0. The standard InChI is InChI=1S/C23H28N4O2S2/c1-4-25(21-12-13-31(28,29)15-21)16-26-23(30)27(20-11-10-17(2)18(3)14-20)22(24-26)19-8-6-5-7-9-19/h5-11,14,21H,4,12-13,15-16H2,1-3H3. The van der Waals surface area contributed by atoms with Crippen LogP contribution in [-0.2, 0) is 16.5 Å². The van der Waals surface area contributed by atoms with Crippen molar-refractivity contribution in [2.75, 3.05) is 18.1 Å². The van der Waals surface area contributed by atoms with Gasteiger partial charge >= 0.3 is 0 Å². The fourth-order valence-electron chi connectivity index (χ4n) is 4.08. The molecule has 1 saturated heterocycles. The van der Waals surface area contributed by atoms with Crippen LogP contribution in [0.25, 0.3) is 17.1 Å². The molecule has 1 aliphatic heterocycles. The summed E-state index contributed by atoms with van der Waals surface area (Å²) in [5.74, 6) is 1.24. The molecule has 0 N–H and O–H groups in total. The second-order valence-electron chi connectivity index (χ2n) is 8.18. The Kier molecular flexibility index (Phi) is 6.14. The van der Waals surface area contributed by atoms with Gasteiger partial charge in [0.1, 0.15) is 0 Å². The van der Waals surface area contributed by atoms with Crippen LogP contribution in [-0.4, -0.2) is 51.8 Å². The van der Waals surface area contributed by atoms with Crippen molar-refractivity contribution in [2.24, 2.45) is 0 Å². The fraction of sp³-hybridized carbons (Fsp3) is 0.391. The van der Waals surface area contributed by atoms with Crippen molar-refractivity contribution >= 4 is 22.1 Å². The molecular formula is C23H28N4O2S2. The van der Waals surface area contributed by atoms with Crippen molar-refractivity contribution < 1.29 is 8.42 Å². The highest BCUT2D eigenvalue weighted by atomic mass is 32.2. The first kappa shape index (κ1) is 21.9. The quantitative estimate of drug-likeness (QED) is 0.522. The molecule has 164 valence electrons. The van der Waals surface area contributed by atoms with E-state index in [1.165, 1.54) is 11.1 Å². The molecule has 1 aliphatic rings. The molecule has 0 spiro atoms. The van der Waals surface area contributed by atoms with Crippen LogP contribution < -0.4 is 0 Å². The third-order valence-electron chi connectivity index (χ3n) is 6.07. The van der Waals surface area contributed by atoms with Gasteiger partial charge in [0, 0.05) is 11.6 Å². The highest BCUT2D eigenvalue weighted by molar-refractivity contribution is 7.91. The Morgan fingerprint density at radius 3 is 2.48 bits per heavy atom. The molecule has 0 radical (unpaired) electrons. The zero-order valence-electron chi connectivity index (χ0n) is 18.2. The third-order valence-corrected chi connectivity index (χ3v) is 8.21. The average molecular weight is 457 g/mol. The van der Waals surface area contributed by atoms with E-state index in [0.29, 0.717) is 17.9 Å². The van der Waals surface area contributed by atoms with Crippen molar-refractivity contribution in [2.45, 2.75) is 39.9 Å². The van der Waals surface area contributed by atoms with Crippen LogP contribution in [0.2, 0.25) is 0 Å². The Balaban J connectivity index is 1.78. The third kappa shape index (κ3) is 4.51. The van der Waals surface area contributed by atoms with Gasteiger partial charge in [0.25, 0.3) is 0 Å². The minimum atomic E-state index is -2.95. The summed E-state index contributed by atoms with van der Waals surface area (Å²) in [4.78, 5) is 2.16. The van der Waals surface area contributed by atoms with Crippen molar-refractivity contribution in [1.29, 1.82) is 0 Å². The summed E-state index contributed by atoms with van der Waals surface area (Å²) in [7, 11) is -2.95. The van der Waals surface area contributed by atoms with E-state index in [1.54, 1.807) is 0 Å². The first-order chi connectivity index (χ1) is 14.8. The van der Waals surface area contributed by atoms with Crippen LogP contribution in [0.3, 0.4) is 0 Å². The maximum Gasteiger partial charge on any atom is 0.204 e. The SMILES string of the molecule is CCN(Cn1nc(-c2ccccc2)n(-c2ccc(C)c(C)c2)c1=S)C1CCS(=O)(=O)C1. The van der Waals surface area contributed by atoms with Gasteiger partial charge in [-0.1, -0.05) is 43.3 Å². The van der Waals surface area contributed by atoms with E-state index in [1.807, 2.05) is 46.5 Å². The minimum absolute atomic E-state index is 0.00356. The van der Waals surface area contributed by atoms with Crippen molar-refractivity contribution in [3.63, 3.8) is 0 Å². The van der Waals surface area contributed by atoms with E-state index in [-0.39, 0.29) is 17.5 Å². The summed E-state index contributed by atoms with van der Waals surface area (Å²) in [6, 6.07) is 16.3. The van der Waals surface area contributed by atoms with Crippen molar-refractivity contribution in [3.05, 3.63) is 64.4 Å². The van der Waals surface area contributed by atoms with Gasteiger partial charge in [-0.25, -0.2) is 13.1 Å². The zero-order chi connectivity index (χ0) is 22.2. The van der Waals surface area contributed by atoms with Crippen LogP contribution >= 0.6 is 12.2 Å². The zero-order valence-corrected chi connectivity index (χ0v) is 19.8. The van der Waals surface area contributed by atoms with E-state index >= 15 is 0 Å². The molecule has 8 heteroatoms. The summed E-state index contributed by atoms with van der Waals surface area (Å²) < 4.78 is 28.4. The molecule has 0 amide bonds. The summed E-state index contributed by atoms with van der Waals surface area (Å²) in [6.07, 6.45) is 0.660. The molecule has 2 heterocycles. The first-order valence-corrected chi connectivity index (χ1v) is 12.8. The van der Waals surface area contributed by atoms with E-state index in [0.717, 1.165) is 23.6 Å². The lowest BCUT2D eigenvalue weighted by Crippen LogP contribution is -2.37. The summed E-state index contributed by atoms with van der Waals surface area (Å²) in [6.45, 7) is 7.43. The smallest absolute Gasteiger partial charge is 0.204 e. The van der Waals surface area contributed by atoms with Gasteiger partial charge in [-0.3, -0.25) is 9.47 Å². The minimum Gasteiger partial charge on any atom is -0.281 e. The molecule has 1 aromatic heterocycles. The predicted octanol–water partition coefficient (Wildman–Crippen LogP) is 4.15. The highest BCUT2D eigenvalue weighted by Crippen LogP contribution is 2.25. The Hall–Kier alpha value is -2.29. The largest absolute Gasteiger partial charge is 0.281 e. The first-order valence-electron chi connectivity index (χ1n) is 10.6. The molecule has 4 rings (SSSR count). The van der Waals surface area contributed by atoms with E-state index in [2.05, 4.69) is 36.9 Å². The van der Waals surface area contributed by atoms with Crippen LogP contribution in [0.15, 0.2) is 48.5 Å². The van der Waals surface area contributed by atoms with Gasteiger partial charge in [-0.2, -0.15) is 0 Å². The molecule has 3 aromatic rings. The molecule has 0 aliphatic carbocycles. The molecule has 1 fully saturated rings. The molecule has 6 nitrogen and oxygen atoms in total. The lowest BCUT2D eigenvalue weighted by Gasteiger charge is -2.26. The number of sulfone groups is 1. The average Bonchev–Trinajstić information content (AvgIpc) is 3.28. The topological polar surface area (TPSA) is 60.1 Å². The Morgan fingerprint density at radius 1 is 1.13 bits per heavy atom. The van der Waals surface area contributed by atoms with E-state index in [4.69, 9.17) is 17.3 Å². The van der Waals surface area contributed by atoms with Crippen molar-refractivity contribution in [1.82, 2.24) is 19.2 Å². The number of aryl methyl sites for hydroxylation is 2. The lowest BCUT2D eigenvalue weighted by molar-refractivity contribution is 0.164. The number of hydrogen-bond acceptors (Lipinski definition) is 5. The van der Waals surface area contributed by atoms with Crippen molar-refractivity contribution in [3.8, 4) is 17.1 Å². The summed E-state index contributed by atoms with van der Waals surface area (Å²) in [5, 5.41) is 4.89. The van der Waals surface area contributed by atoms with Gasteiger partial charge < -0.3 is 0 Å². The second-order valence-corrected chi connectivity index (χ2v) is 10.8. The van der Waals surface area contributed by atoms with E-state index < -0.39 is 9.84 Å². The normalized spacial score (nSPS) is 18.0. The monoisotopic (exact) mass is 456 g/mol. The molecule has 31 heavy (non-hydrogen) atoms. The Morgan fingerprint density at radius 2 is 1.87 bits per heavy atom. The van der Waals surface area contributed by atoms with Crippen LogP contribution in [0.1, 0.15) is 24.5 Å². The molecule has 2 aromatic carbocycles. The van der Waals surface area contributed by atoms with Gasteiger partial charge in [-0.05, 0) is 62.3 Å². The van der Waals surface area contributed by atoms with Gasteiger partial charge in [0.05, 0.1) is 23.9 Å². The lowest BCUT2D eigenvalue weighted by atomic mass is 10.1. The molecule has 0 saturated carbocycles. The predicted molar refractivity (Wildman–Crippen MR) is 127 cm³/mol. The second kappa shape index (κ2) is 8.68. The summed E-state index contributed by atoms with van der Waals surface area (Å²) >= 11 is 5.88. The number of benzene rings is 2. The van der Waals surface area contributed by atoms with Crippen LogP contribution in [0.5, 0.6) is 0 Å².